The summed E-state index contributed by atoms with van der Waals surface area (Å²) in [6.07, 6.45) is 0.515. The van der Waals surface area contributed by atoms with E-state index in [2.05, 4.69) is 20.4 Å². The monoisotopic (exact) mass is 525 g/mol. The Morgan fingerprint density at radius 3 is 2.38 bits per heavy atom. The quantitative estimate of drug-likeness (QED) is 0.211. The average molecular weight is 526 g/mol. The molecule has 2 unspecified atom stereocenters. The molecule has 198 valence electrons. The highest BCUT2D eigenvalue weighted by molar-refractivity contribution is 7.13. The number of benzene rings is 2. The zero-order valence-corrected chi connectivity index (χ0v) is 22.2. The van der Waals surface area contributed by atoms with Crippen LogP contribution in [-0.2, 0) is 22.5 Å². The van der Waals surface area contributed by atoms with Crippen molar-refractivity contribution in [3.05, 3.63) is 77.3 Å². The van der Waals surface area contributed by atoms with Gasteiger partial charge in [0.05, 0.1) is 19.3 Å². The number of aliphatic hydroxyl groups is 1. The predicted molar refractivity (Wildman–Crippen MR) is 144 cm³/mol. The highest BCUT2D eigenvalue weighted by Gasteiger charge is 2.30. The third-order valence-electron chi connectivity index (χ3n) is 5.94. The smallest absolute Gasteiger partial charge is 0.407 e. The second kappa shape index (κ2) is 13.8. The summed E-state index contributed by atoms with van der Waals surface area (Å²) in [6, 6.07) is 16.1. The molecule has 3 rings (SSSR count). The van der Waals surface area contributed by atoms with Gasteiger partial charge < -0.3 is 20.5 Å². The average Bonchev–Trinajstić information content (AvgIpc) is 3.42. The molecule has 2 amide bonds. The molecule has 1 heterocycles. The van der Waals surface area contributed by atoms with E-state index in [1.165, 1.54) is 12.1 Å². The molecule has 0 saturated heterocycles. The number of hydrogen-bond donors (Lipinski definition) is 4. The van der Waals surface area contributed by atoms with Gasteiger partial charge in [-0.25, -0.2) is 14.8 Å². The van der Waals surface area contributed by atoms with Gasteiger partial charge in [0.25, 0.3) is 0 Å². The first-order valence-corrected chi connectivity index (χ1v) is 13.0. The Morgan fingerprint density at radius 1 is 1.08 bits per heavy atom. The number of rotatable bonds is 12. The minimum atomic E-state index is -0.963. The van der Waals surface area contributed by atoms with Crippen LogP contribution in [0.25, 0.3) is 10.6 Å². The lowest BCUT2D eigenvalue weighted by Crippen LogP contribution is -2.56. The van der Waals surface area contributed by atoms with Crippen LogP contribution in [0, 0.1) is 5.92 Å². The first-order chi connectivity index (χ1) is 17.8. The van der Waals surface area contributed by atoms with Gasteiger partial charge in [0.2, 0.25) is 5.91 Å². The van der Waals surface area contributed by atoms with Crippen molar-refractivity contribution in [2.24, 2.45) is 11.8 Å². The predicted octanol–water partition coefficient (Wildman–Crippen LogP) is 2.95. The van der Waals surface area contributed by atoms with Gasteiger partial charge in [0.15, 0.2) is 0 Å². The van der Waals surface area contributed by atoms with Crippen LogP contribution in [0.4, 0.5) is 4.79 Å². The summed E-state index contributed by atoms with van der Waals surface area (Å²) >= 11 is 1.58. The van der Waals surface area contributed by atoms with Crippen molar-refractivity contribution in [2.45, 2.75) is 45.0 Å². The van der Waals surface area contributed by atoms with Gasteiger partial charge in [-0.05, 0) is 23.5 Å². The van der Waals surface area contributed by atoms with Crippen LogP contribution >= 0.6 is 11.3 Å². The highest BCUT2D eigenvalue weighted by Crippen LogP contribution is 2.22. The van der Waals surface area contributed by atoms with Gasteiger partial charge in [-0.2, -0.15) is 0 Å². The van der Waals surface area contributed by atoms with Crippen molar-refractivity contribution >= 4 is 23.3 Å². The molecule has 0 fully saturated rings. The molecule has 0 saturated carbocycles. The maximum Gasteiger partial charge on any atom is 0.407 e. The number of aliphatic hydroxyl groups excluding tert-OH is 1. The Morgan fingerprint density at radius 2 is 1.78 bits per heavy atom. The molecule has 1 aromatic heterocycles. The topological polar surface area (TPSA) is 130 Å². The fourth-order valence-corrected chi connectivity index (χ4v) is 4.57. The largest absolute Gasteiger partial charge is 0.453 e. The summed E-state index contributed by atoms with van der Waals surface area (Å²) in [5, 5.41) is 21.0. The van der Waals surface area contributed by atoms with Crippen LogP contribution in [0.1, 0.15) is 25.0 Å². The third-order valence-corrected chi connectivity index (χ3v) is 6.76. The van der Waals surface area contributed by atoms with E-state index in [0.717, 1.165) is 21.7 Å². The number of aromatic nitrogens is 1. The molecule has 3 atom stereocenters. The second-order valence-electron chi connectivity index (χ2n) is 9.19. The number of nitrogens with one attached hydrogen (secondary N) is 2. The summed E-state index contributed by atoms with van der Waals surface area (Å²) in [5.74, 6) is 5.68. The standard InChI is InChI=1S/C27H35N5O4S/c1-18(2)24(31-27(35)36-3)25(34)30-22(15-19-7-5-4-6-8-19)23(33)17-32(28)16-20-9-11-21(12-10-20)26-29-13-14-37-26/h4-14,18,22-24,33H,15-17,28H2,1-3H3,(H,30,34)(H,31,35)/t22?,23?,24-/m0/s1. The SMILES string of the molecule is COC(=O)N[C@H](C(=O)NC(Cc1ccccc1)C(O)CN(N)Cc1ccc(-c2nccs2)cc1)C(C)C. The molecule has 3 aromatic rings. The molecule has 0 spiro atoms. The maximum atomic E-state index is 13.1. The zero-order chi connectivity index (χ0) is 26.8. The van der Waals surface area contributed by atoms with Crippen molar-refractivity contribution in [3.8, 4) is 10.6 Å². The van der Waals surface area contributed by atoms with E-state index in [1.54, 1.807) is 17.5 Å². The minimum Gasteiger partial charge on any atom is -0.453 e. The van der Waals surface area contributed by atoms with Crippen LogP contribution in [0.15, 0.2) is 66.2 Å². The Bertz CT molecular complexity index is 1110. The van der Waals surface area contributed by atoms with Crippen LogP contribution in [0.3, 0.4) is 0 Å². The van der Waals surface area contributed by atoms with E-state index in [1.807, 2.05) is 73.8 Å². The molecule has 37 heavy (non-hydrogen) atoms. The number of hydrazine groups is 1. The lowest BCUT2D eigenvalue weighted by Gasteiger charge is -2.30. The Balaban J connectivity index is 1.67. The summed E-state index contributed by atoms with van der Waals surface area (Å²) in [7, 11) is 1.25. The van der Waals surface area contributed by atoms with Crippen molar-refractivity contribution in [3.63, 3.8) is 0 Å². The first-order valence-electron chi connectivity index (χ1n) is 12.1. The summed E-state index contributed by atoms with van der Waals surface area (Å²) in [4.78, 5) is 29.2. The lowest BCUT2D eigenvalue weighted by atomic mass is 9.98. The van der Waals surface area contributed by atoms with Crippen LogP contribution in [0.5, 0.6) is 0 Å². The molecular formula is C27H35N5O4S. The van der Waals surface area contributed by atoms with Crippen molar-refractivity contribution in [2.75, 3.05) is 13.7 Å². The number of thiazole rings is 1. The number of ether oxygens (including phenoxy) is 1. The Kier molecular flexibility index (Phi) is 10.6. The van der Waals surface area contributed by atoms with Crippen molar-refractivity contribution in [1.29, 1.82) is 0 Å². The van der Waals surface area contributed by atoms with E-state index in [0.29, 0.717) is 13.0 Å². The van der Waals surface area contributed by atoms with Crippen LogP contribution in [-0.4, -0.2) is 58.9 Å². The minimum absolute atomic E-state index is 0.128. The first kappa shape index (κ1) is 28.3. The van der Waals surface area contributed by atoms with Gasteiger partial charge in [0, 0.05) is 30.2 Å². The summed E-state index contributed by atoms with van der Waals surface area (Å²) in [5.41, 5.74) is 2.98. The van der Waals surface area contributed by atoms with Gasteiger partial charge in [-0.15, -0.1) is 11.3 Å². The normalized spacial score (nSPS) is 13.7. The number of hydrogen-bond acceptors (Lipinski definition) is 8. The van der Waals surface area contributed by atoms with Gasteiger partial charge in [-0.3, -0.25) is 10.6 Å². The lowest BCUT2D eigenvalue weighted by molar-refractivity contribution is -0.125. The van der Waals surface area contributed by atoms with Crippen LogP contribution in [0.2, 0.25) is 0 Å². The molecule has 0 bridgehead atoms. The number of methoxy groups -OCH3 is 1. The fourth-order valence-electron chi connectivity index (χ4n) is 3.93. The van der Waals surface area contributed by atoms with E-state index in [9.17, 15) is 14.7 Å². The molecule has 0 radical (unpaired) electrons. The zero-order valence-electron chi connectivity index (χ0n) is 21.3. The summed E-state index contributed by atoms with van der Waals surface area (Å²) < 4.78 is 4.66. The maximum absolute atomic E-state index is 13.1. The number of amides is 2. The molecule has 9 nitrogen and oxygen atoms in total. The molecule has 0 aliphatic heterocycles. The number of alkyl carbamates (subject to hydrolysis) is 1. The Hall–Kier alpha value is -3.31. The number of nitrogens with two attached hydrogens (primary N) is 1. The van der Waals surface area contributed by atoms with Gasteiger partial charge in [0.1, 0.15) is 11.0 Å². The van der Waals surface area contributed by atoms with E-state index < -0.39 is 30.2 Å². The fraction of sp³-hybridized carbons (Fsp3) is 0.370. The molecule has 0 aliphatic carbocycles. The van der Waals surface area contributed by atoms with Gasteiger partial charge >= 0.3 is 6.09 Å². The third kappa shape index (κ3) is 8.64. The number of carbonyl (C=O) groups excluding carboxylic acids is 2. The highest BCUT2D eigenvalue weighted by atomic mass is 32.1. The molecule has 10 heteroatoms. The van der Waals surface area contributed by atoms with E-state index in [-0.39, 0.29) is 12.5 Å². The molecule has 2 aromatic carbocycles. The number of carbonyl (C=O) groups is 2. The molecule has 5 N–H and O–H groups in total. The molecular weight excluding hydrogens is 490 g/mol. The van der Waals surface area contributed by atoms with Gasteiger partial charge in [-0.1, -0.05) is 68.4 Å². The van der Waals surface area contributed by atoms with Crippen molar-refractivity contribution < 1.29 is 19.4 Å². The molecule has 0 aliphatic rings. The Labute approximate surface area is 221 Å². The van der Waals surface area contributed by atoms with E-state index in [4.69, 9.17) is 5.84 Å². The van der Waals surface area contributed by atoms with Crippen LogP contribution < -0.4 is 16.5 Å². The summed E-state index contributed by atoms with van der Waals surface area (Å²) in [6.45, 7) is 4.19. The van der Waals surface area contributed by atoms with E-state index >= 15 is 0 Å². The number of nitrogens with zero attached hydrogens (tertiary/aromatic N) is 2. The van der Waals surface area contributed by atoms with Crippen molar-refractivity contribution in [1.82, 2.24) is 20.6 Å². The second-order valence-corrected chi connectivity index (χ2v) is 10.1.